The van der Waals surface area contributed by atoms with Gasteiger partial charge in [0.05, 0.1) is 12.1 Å². The number of nitrogens with two attached hydrogens (primary N) is 1. The molecule has 0 bridgehead atoms. The molecule has 3 heteroatoms. The van der Waals surface area contributed by atoms with Crippen LogP contribution >= 0.6 is 0 Å². The minimum Gasteiger partial charge on any atom is -0.493 e. The van der Waals surface area contributed by atoms with Gasteiger partial charge in [0, 0.05) is 11.1 Å². The van der Waals surface area contributed by atoms with Crippen molar-refractivity contribution in [3.05, 3.63) is 65.5 Å². The second kappa shape index (κ2) is 6.06. The van der Waals surface area contributed by atoms with E-state index in [0.717, 1.165) is 12.0 Å². The Labute approximate surface area is 119 Å². The summed E-state index contributed by atoms with van der Waals surface area (Å²) in [5.41, 5.74) is 6.73. The van der Waals surface area contributed by atoms with Crippen molar-refractivity contribution in [2.45, 2.75) is 25.8 Å². The number of ether oxygens (including phenoxy) is 1. The average molecular weight is 273 g/mol. The van der Waals surface area contributed by atoms with Gasteiger partial charge >= 0.3 is 0 Å². The molecule has 0 fully saturated rings. The van der Waals surface area contributed by atoms with E-state index in [1.54, 1.807) is 25.1 Å². The Morgan fingerprint density at radius 1 is 1.05 bits per heavy atom. The van der Waals surface area contributed by atoms with Gasteiger partial charge in [-0.1, -0.05) is 43.3 Å². The van der Waals surface area contributed by atoms with Crippen molar-refractivity contribution in [1.82, 2.24) is 0 Å². The number of halogens is 1. The lowest BCUT2D eigenvalue weighted by Gasteiger charge is -2.28. The first kappa shape index (κ1) is 14.5. The predicted molar refractivity (Wildman–Crippen MR) is 79.3 cm³/mol. The maximum absolute atomic E-state index is 14.0. The summed E-state index contributed by atoms with van der Waals surface area (Å²) in [4.78, 5) is 0. The van der Waals surface area contributed by atoms with Gasteiger partial charge in [-0.2, -0.15) is 0 Å². The third-order valence-electron chi connectivity index (χ3n) is 3.34. The smallest absolute Gasteiger partial charge is 0.128 e. The fourth-order valence-corrected chi connectivity index (χ4v) is 2.26. The van der Waals surface area contributed by atoms with E-state index in [9.17, 15) is 4.39 Å². The van der Waals surface area contributed by atoms with E-state index in [1.807, 2.05) is 31.2 Å². The van der Waals surface area contributed by atoms with Gasteiger partial charge in [-0.25, -0.2) is 4.39 Å². The third kappa shape index (κ3) is 2.83. The molecule has 0 spiro atoms. The average Bonchev–Trinajstić information content (AvgIpc) is 2.45. The molecule has 106 valence electrons. The molecule has 1 unspecified atom stereocenters. The Bertz CT molecular complexity index is 581. The molecule has 0 aliphatic heterocycles. The zero-order valence-corrected chi connectivity index (χ0v) is 11.9. The van der Waals surface area contributed by atoms with Crippen molar-refractivity contribution in [1.29, 1.82) is 0 Å². The Balaban J connectivity index is 2.46. The lowest BCUT2D eigenvalue weighted by molar-refractivity contribution is 0.308. The van der Waals surface area contributed by atoms with Crippen LogP contribution in [0.4, 0.5) is 4.39 Å². The van der Waals surface area contributed by atoms with Gasteiger partial charge < -0.3 is 10.5 Å². The first-order valence-corrected chi connectivity index (χ1v) is 6.83. The summed E-state index contributed by atoms with van der Waals surface area (Å²) >= 11 is 0. The fourth-order valence-electron chi connectivity index (χ4n) is 2.26. The van der Waals surface area contributed by atoms with Crippen LogP contribution in [0.25, 0.3) is 0 Å². The van der Waals surface area contributed by atoms with Gasteiger partial charge in [-0.05, 0) is 25.5 Å². The SMILES string of the molecule is CCCOc1ccccc1C(C)(N)c1ccccc1F. The van der Waals surface area contributed by atoms with Crippen molar-refractivity contribution in [3.8, 4) is 5.75 Å². The van der Waals surface area contributed by atoms with Crippen LogP contribution in [0.15, 0.2) is 48.5 Å². The molecule has 0 aliphatic rings. The Kier molecular flexibility index (Phi) is 4.40. The maximum Gasteiger partial charge on any atom is 0.128 e. The van der Waals surface area contributed by atoms with Crippen LogP contribution < -0.4 is 10.5 Å². The van der Waals surface area contributed by atoms with Gasteiger partial charge in [0.15, 0.2) is 0 Å². The number of hydrogen-bond acceptors (Lipinski definition) is 2. The normalized spacial score (nSPS) is 13.8. The zero-order chi connectivity index (χ0) is 14.6. The summed E-state index contributed by atoms with van der Waals surface area (Å²) < 4.78 is 19.8. The topological polar surface area (TPSA) is 35.2 Å². The summed E-state index contributed by atoms with van der Waals surface area (Å²) in [5, 5.41) is 0. The highest BCUT2D eigenvalue weighted by atomic mass is 19.1. The van der Waals surface area contributed by atoms with Crippen molar-refractivity contribution in [3.63, 3.8) is 0 Å². The molecule has 2 rings (SSSR count). The Morgan fingerprint density at radius 2 is 1.65 bits per heavy atom. The Morgan fingerprint density at radius 3 is 2.30 bits per heavy atom. The van der Waals surface area contributed by atoms with Crippen LogP contribution in [0.3, 0.4) is 0 Å². The second-order valence-electron chi connectivity index (χ2n) is 5.03. The van der Waals surface area contributed by atoms with Crippen molar-refractivity contribution in [2.75, 3.05) is 6.61 Å². The summed E-state index contributed by atoms with van der Waals surface area (Å²) in [7, 11) is 0. The first-order chi connectivity index (χ1) is 9.57. The van der Waals surface area contributed by atoms with Crippen LogP contribution in [-0.4, -0.2) is 6.61 Å². The highest BCUT2D eigenvalue weighted by molar-refractivity contribution is 5.45. The molecule has 2 N–H and O–H groups in total. The van der Waals surface area contributed by atoms with Gasteiger partial charge in [0.25, 0.3) is 0 Å². The molecule has 2 aromatic carbocycles. The van der Waals surface area contributed by atoms with Crippen molar-refractivity contribution in [2.24, 2.45) is 5.73 Å². The minimum absolute atomic E-state index is 0.303. The molecule has 0 heterocycles. The van der Waals surface area contributed by atoms with E-state index in [-0.39, 0.29) is 5.82 Å². The minimum atomic E-state index is -0.935. The van der Waals surface area contributed by atoms with Crippen molar-refractivity contribution < 1.29 is 9.13 Å². The lowest BCUT2D eigenvalue weighted by atomic mass is 9.85. The molecule has 0 aliphatic carbocycles. The van der Waals surface area contributed by atoms with Gasteiger partial charge in [-0.15, -0.1) is 0 Å². The van der Waals surface area contributed by atoms with Crippen LogP contribution in [0.2, 0.25) is 0 Å². The summed E-state index contributed by atoms with van der Waals surface area (Å²) in [6.45, 7) is 4.46. The summed E-state index contributed by atoms with van der Waals surface area (Å²) in [6.07, 6.45) is 0.912. The zero-order valence-electron chi connectivity index (χ0n) is 11.9. The molecule has 0 radical (unpaired) electrons. The van der Waals surface area contributed by atoms with Gasteiger partial charge in [-0.3, -0.25) is 0 Å². The monoisotopic (exact) mass is 273 g/mol. The maximum atomic E-state index is 14.0. The fraction of sp³-hybridized carbons (Fsp3) is 0.294. The van der Waals surface area contributed by atoms with Gasteiger partial charge in [0.2, 0.25) is 0 Å². The molecule has 0 aromatic heterocycles. The number of hydrogen-bond donors (Lipinski definition) is 1. The standard InChI is InChI=1S/C17H20FNO/c1-3-12-20-16-11-7-5-9-14(16)17(2,19)13-8-4-6-10-15(13)18/h4-11H,3,12,19H2,1-2H3. The first-order valence-electron chi connectivity index (χ1n) is 6.83. The summed E-state index contributed by atoms with van der Waals surface area (Å²) in [5.74, 6) is 0.408. The van der Waals surface area contributed by atoms with E-state index < -0.39 is 5.54 Å². The van der Waals surface area contributed by atoms with Crippen LogP contribution in [-0.2, 0) is 5.54 Å². The van der Waals surface area contributed by atoms with Crippen LogP contribution in [0.1, 0.15) is 31.4 Å². The van der Waals surface area contributed by atoms with Crippen LogP contribution in [0.5, 0.6) is 5.75 Å². The third-order valence-corrected chi connectivity index (χ3v) is 3.34. The predicted octanol–water partition coefficient (Wildman–Crippen LogP) is 3.84. The molecule has 1 atom stereocenters. The van der Waals surface area contributed by atoms with E-state index in [2.05, 4.69) is 0 Å². The molecule has 0 amide bonds. The highest BCUT2D eigenvalue weighted by Gasteiger charge is 2.29. The highest BCUT2D eigenvalue weighted by Crippen LogP contribution is 2.34. The van der Waals surface area contributed by atoms with E-state index in [1.165, 1.54) is 6.07 Å². The van der Waals surface area contributed by atoms with Gasteiger partial charge in [0.1, 0.15) is 11.6 Å². The second-order valence-corrected chi connectivity index (χ2v) is 5.03. The summed E-state index contributed by atoms with van der Waals surface area (Å²) in [6, 6.07) is 14.1. The van der Waals surface area contributed by atoms with Crippen molar-refractivity contribution >= 4 is 0 Å². The molecular weight excluding hydrogens is 253 g/mol. The number of rotatable bonds is 5. The number of benzene rings is 2. The van der Waals surface area contributed by atoms with E-state index in [0.29, 0.717) is 17.9 Å². The molecule has 2 nitrogen and oxygen atoms in total. The largest absolute Gasteiger partial charge is 0.493 e. The quantitative estimate of drug-likeness (QED) is 0.898. The van der Waals surface area contributed by atoms with Crippen LogP contribution in [0, 0.1) is 5.82 Å². The Hall–Kier alpha value is -1.87. The molecule has 0 saturated heterocycles. The number of para-hydroxylation sites is 1. The van der Waals surface area contributed by atoms with E-state index in [4.69, 9.17) is 10.5 Å². The molecule has 2 aromatic rings. The molecule has 20 heavy (non-hydrogen) atoms. The van der Waals surface area contributed by atoms with E-state index >= 15 is 0 Å². The molecular formula is C17H20FNO. The lowest BCUT2D eigenvalue weighted by Crippen LogP contribution is -2.35. The molecule has 0 saturated carbocycles.